The summed E-state index contributed by atoms with van der Waals surface area (Å²) in [6.07, 6.45) is 5.15. The average molecular weight is 387 g/mol. The summed E-state index contributed by atoms with van der Waals surface area (Å²) in [4.78, 5) is 29.2. The number of ether oxygens (including phenoxy) is 2. The Balaban J connectivity index is 1.62. The lowest BCUT2D eigenvalue weighted by molar-refractivity contribution is -0.121. The molecule has 2 aliphatic rings. The topological polar surface area (TPSA) is 77.5 Å². The molecule has 7 heteroatoms. The van der Waals surface area contributed by atoms with Crippen molar-refractivity contribution in [3.63, 3.8) is 0 Å². The quantitative estimate of drug-likeness (QED) is 0.814. The highest BCUT2D eigenvalue weighted by atomic mass is 35.5. The number of hydrogen-bond donors (Lipinski definition) is 1. The Bertz CT molecular complexity index is 874. The molecular weight excluding hydrogens is 368 g/mol. The summed E-state index contributed by atoms with van der Waals surface area (Å²) in [5.41, 5.74) is 1.65. The van der Waals surface area contributed by atoms with Crippen LogP contribution in [0.25, 0.3) is 0 Å². The van der Waals surface area contributed by atoms with E-state index < -0.39 is 5.97 Å². The van der Waals surface area contributed by atoms with Crippen LogP contribution in [0, 0.1) is 5.92 Å². The van der Waals surface area contributed by atoms with E-state index in [1.54, 1.807) is 24.5 Å². The summed E-state index contributed by atoms with van der Waals surface area (Å²) in [6.45, 7) is 0. The van der Waals surface area contributed by atoms with E-state index in [4.69, 9.17) is 21.1 Å². The van der Waals surface area contributed by atoms with Crippen LogP contribution in [0.2, 0.25) is 5.02 Å². The lowest BCUT2D eigenvalue weighted by Crippen LogP contribution is -2.36. The number of pyridine rings is 1. The predicted octanol–water partition coefficient (Wildman–Crippen LogP) is 3.42. The van der Waals surface area contributed by atoms with Gasteiger partial charge in [-0.15, -0.1) is 0 Å². The molecule has 4 atom stereocenters. The lowest BCUT2D eigenvalue weighted by Gasteiger charge is -2.27. The minimum Gasteiger partial charge on any atom is -0.465 e. The van der Waals surface area contributed by atoms with Crippen molar-refractivity contribution in [1.29, 1.82) is 0 Å². The van der Waals surface area contributed by atoms with Gasteiger partial charge in [0.05, 0.1) is 36.5 Å². The van der Waals surface area contributed by atoms with Crippen molar-refractivity contribution >= 4 is 29.2 Å². The van der Waals surface area contributed by atoms with Crippen molar-refractivity contribution in [2.75, 3.05) is 12.4 Å². The van der Waals surface area contributed by atoms with Gasteiger partial charge in [-0.25, -0.2) is 4.79 Å². The van der Waals surface area contributed by atoms with Crippen molar-refractivity contribution in [3.8, 4) is 0 Å². The van der Waals surface area contributed by atoms with Gasteiger partial charge in [0.2, 0.25) is 5.91 Å². The molecule has 1 aromatic heterocycles. The van der Waals surface area contributed by atoms with Gasteiger partial charge in [-0.05, 0) is 48.7 Å². The summed E-state index contributed by atoms with van der Waals surface area (Å²) in [5.74, 6) is -1.08. The van der Waals surface area contributed by atoms with Crippen LogP contribution in [0.4, 0.5) is 5.69 Å². The summed E-state index contributed by atoms with van der Waals surface area (Å²) in [7, 11) is 1.29. The Morgan fingerprint density at radius 2 is 1.93 bits per heavy atom. The van der Waals surface area contributed by atoms with Crippen LogP contribution in [0.15, 0.2) is 42.7 Å². The van der Waals surface area contributed by atoms with Gasteiger partial charge >= 0.3 is 5.97 Å². The third kappa shape index (κ3) is 3.31. The number of esters is 1. The maximum absolute atomic E-state index is 13.1. The molecule has 2 bridgehead atoms. The molecule has 6 nitrogen and oxygen atoms in total. The highest BCUT2D eigenvalue weighted by Gasteiger charge is 2.52. The second kappa shape index (κ2) is 7.29. The van der Waals surface area contributed by atoms with Crippen molar-refractivity contribution in [1.82, 2.24) is 4.98 Å². The third-order valence-corrected chi connectivity index (χ3v) is 5.55. The van der Waals surface area contributed by atoms with Gasteiger partial charge in [0.1, 0.15) is 0 Å². The van der Waals surface area contributed by atoms with E-state index in [1.807, 2.05) is 12.1 Å². The van der Waals surface area contributed by atoms with E-state index in [1.165, 1.54) is 13.2 Å². The second-order valence-electron chi connectivity index (χ2n) is 6.79. The van der Waals surface area contributed by atoms with Crippen molar-refractivity contribution < 1.29 is 19.1 Å². The van der Waals surface area contributed by atoms with Gasteiger partial charge in [-0.1, -0.05) is 11.6 Å². The van der Waals surface area contributed by atoms with Gasteiger partial charge in [-0.2, -0.15) is 0 Å². The minimum absolute atomic E-state index is 0.0263. The number of carbonyl (C=O) groups is 2. The number of anilines is 1. The number of halogens is 1. The standard InChI is InChI=1S/C20H19ClN2O4/c1-26-20(25)13-10-12(21)2-3-14(13)23-19(24)18-16-5-4-15(27-16)17(18)11-6-8-22-9-7-11/h2-3,6-10,15-18H,4-5H2,1H3,(H,23,24)/t15-,16-,17+,18+/m0/s1. The number of amides is 1. The molecule has 1 N–H and O–H groups in total. The van der Waals surface area contributed by atoms with Crippen molar-refractivity contribution in [3.05, 3.63) is 58.9 Å². The average Bonchev–Trinajstić information content (AvgIpc) is 3.31. The molecule has 2 aliphatic heterocycles. The molecule has 0 radical (unpaired) electrons. The number of rotatable bonds is 4. The fraction of sp³-hybridized carbons (Fsp3) is 0.350. The van der Waals surface area contributed by atoms with Crippen LogP contribution >= 0.6 is 11.6 Å². The van der Waals surface area contributed by atoms with Gasteiger partial charge in [-0.3, -0.25) is 9.78 Å². The monoisotopic (exact) mass is 386 g/mol. The zero-order valence-electron chi connectivity index (χ0n) is 14.7. The number of fused-ring (bicyclic) bond motifs is 2. The minimum atomic E-state index is -0.553. The van der Waals surface area contributed by atoms with E-state index in [-0.39, 0.29) is 35.5 Å². The number of nitrogens with one attached hydrogen (secondary N) is 1. The molecule has 4 rings (SSSR count). The molecule has 1 amide bonds. The highest BCUT2D eigenvalue weighted by molar-refractivity contribution is 6.31. The number of carbonyl (C=O) groups excluding carboxylic acids is 2. The molecule has 0 unspecified atom stereocenters. The Hall–Kier alpha value is -2.44. The Kier molecular flexibility index (Phi) is 4.85. The Morgan fingerprint density at radius 1 is 1.19 bits per heavy atom. The van der Waals surface area contributed by atoms with Gasteiger partial charge in [0.25, 0.3) is 0 Å². The zero-order valence-corrected chi connectivity index (χ0v) is 15.5. The van der Waals surface area contributed by atoms with Crippen LogP contribution in [-0.4, -0.2) is 36.2 Å². The van der Waals surface area contributed by atoms with Crippen molar-refractivity contribution in [2.24, 2.45) is 5.92 Å². The number of nitrogens with zero attached hydrogens (tertiary/aromatic N) is 1. The normalized spacial score (nSPS) is 26.0. The van der Waals surface area contributed by atoms with E-state index in [9.17, 15) is 9.59 Å². The lowest BCUT2D eigenvalue weighted by atomic mass is 9.75. The fourth-order valence-corrected chi connectivity index (χ4v) is 4.31. The molecule has 27 heavy (non-hydrogen) atoms. The molecule has 2 aromatic rings. The smallest absolute Gasteiger partial charge is 0.340 e. The first-order valence-electron chi connectivity index (χ1n) is 8.82. The Morgan fingerprint density at radius 3 is 2.67 bits per heavy atom. The van der Waals surface area contributed by atoms with E-state index >= 15 is 0 Å². The van der Waals surface area contributed by atoms with Crippen LogP contribution in [0.1, 0.15) is 34.7 Å². The number of benzene rings is 1. The molecule has 1 aromatic carbocycles. The van der Waals surface area contributed by atoms with Crippen LogP contribution in [0.5, 0.6) is 0 Å². The number of hydrogen-bond acceptors (Lipinski definition) is 5. The molecule has 2 saturated heterocycles. The van der Waals surface area contributed by atoms with E-state index in [0.717, 1.165) is 18.4 Å². The van der Waals surface area contributed by atoms with Crippen LogP contribution < -0.4 is 5.32 Å². The molecule has 2 fully saturated rings. The predicted molar refractivity (Wildman–Crippen MR) is 99.8 cm³/mol. The van der Waals surface area contributed by atoms with E-state index in [0.29, 0.717) is 10.7 Å². The van der Waals surface area contributed by atoms with E-state index in [2.05, 4.69) is 10.3 Å². The molecule has 3 heterocycles. The maximum atomic E-state index is 13.1. The Labute approximate surface area is 161 Å². The van der Waals surface area contributed by atoms with Crippen LogP contribution in [-0.2, 0) is 14.3 Å². The largest absolute Gasteiger partial charge is 0.465 e. The van der Waals surface area contributed by atoms with Gasteiger partial charge in [0, 0.05) is 23.3 Å². The summed E-state index contributed by atoms with van der Waals surface area (Å²) in [6, 6.07) is 8.58. The maximum Gasteiger partial charge on any atom is 0.340 e. The fourth-order valence-electron chi connectivity index (χ4n) is 4.14. The first-order chi connectivity index (χ1) is 13.1. The molecule has 140 valence electrons. The molecule has 0 spiro atoms. The molecule has 0 saturated carbocycles. The number of aromatic nitrogens is 1. The molecular formula is C20H19ClN2O4. The van der Waals surface area contributed by atoms with Crippen molar-refractivity contribution in [2.45, 2.75) is 31.0 Å². The van der Waals surface area contributed by atoms with Gasteiger partial charge < -0.3 is 14.8 Å². The SMILES string of the molecule is COC(=O)c1cc(Cl)ccc1NC(=O)[C@H]1[C@H](c2ccncc2)[C@@H]2CC[C@@H]1O2. The van der Waals surface area contributed by atoms with Gasteiger partial charge in [0.15, 0.2) is 0 Å². The zero-order chi connectivity index (χ0) is 19.0. The summed E-state index contributed by atoms with van der Waals surface area (Å²) in [5, 5.41) is 3.28. The first-order valence-corrected chi connectivity index (χ1v) is 9.20. The summed E-state index contributed by atoms with van der Waals surface area (Å²) >= 11 is 5.99. The number of methoxy groups -OCH3 is 1. The first kappa shape index (κ1) is 17.9. The van der Waals surface area contributed by atoms with Crippen LogP contribution in [0.3, 0.4) is 0 Å². The second-order valence-corrected chi connectivity index (χ2v) is 7.23. The third-order valence-electron chi connectivity index (χ3n) is 5.31. The summed E-state index contributed by atoms with van der Waals surface area (Å²) < 4.78 is 10.8. The highest BCUT2D eigenvalue weighted by Crippen LogP contribution is 2.49. The molecule has 0 aliphatic carbocycles.